The van der Waals surface area contributed by atoms with Crippen LogP contribution in [-0.4, -0.2) is 24.8 Å². The van der Waals surface area contributed by atoms with Gasteiger partial charge in [0.2, 0.25) is 5.91 Å². The summed E-state index contributed by atoms with van der Waals surface area (Å²) < 4.78 is 46.1. The largest absolute Gasteiger partial charge is 0.573 e. The molecule has 0 saturated carbocycles. The number of hydrogen-bond donors (Lipinski definition) is 2. The maximum absolute atomic E-state index is 12.1. The zero-order chi connectivity index (χ0) is 19.9. The van der Waals surface area contributed by atoms with Crippen LogP contribution in [0.15, 0.2) is 53.0 Å². The van der Waals surface area contributed by atoms with E-state index < -0.39 is 18.2 Å². The second-order valence-electron chi connectivity index (χ2n) is 5.21. The van der Waals surface area contributed by atoms with Crippen LogP contribution in [0.1, 0.15) is 5.56 Å². The monoisotopic (exact) mass is 446 g/mol. The van der Waals surface area contributed by atoms with Crippen LogP contribution in [0.5, 0.6) is 11.5 Å². The standard InChI is InChI=1S/C17H14BrF3N2O4/c18-12-3-7-13(8-4-12)26-10-16(25)23-22-15(24)9-11-1-5-14(6-2-11)27-17(19,20)21/h1-8H,9-10H2,(H,22,24)(H,23,25). The number of rotatable bonds is 6. The molecule has 2 N–H and O–H groups in total. The lowest BCUT2D eigenvalue weighted by atomic mass is 10.1. The Balaban J connectivity index is 1.72. The third-order valence-electron chi connectivity index (χ3n) is 3.05. The number of amides is 2. The minimum Gasteiger partial charge on any atom is -0.484 e. The number of carbonyl (C=O) groups excluding carboxylic acids is 2. The number of carbonyl (C=O) groups is 2. The Morgan fingerprint density at radius 1 is 0.889 bits per heavy atom. The lowest BCUT2D eigenvalue weighted by molar-refractivity contribution is -0.274. The van der Waals surface area contributed by atoms with E-state index in [-0.39, 0.29) is 18.8 Å². The van der Waals surface area contributed by atoms with Gasteiger partial charge in [0, 0.05) is 4.47 Å². The van der Waals surface area contributed by atoms with Crippen molar-refractivity contribution in [3.05, 3.63) is 58.6 Å². The van der Waals surface area contributed by atoms with E-state index in [1.807, 2.05) is 0 Å². The van der Waals surface area contributed by atoms with Crippen molar-refractivity contribution < 1.29 is 32.2 Å². The summed E-state index contributed by atoms with van der Waals surface area (Å²) in [5.74, 6) is -1.01. The maximum Gasteiger partial charge on any atom is 0.573 e. The first-order chi connectivity index (χ1) is 12.7. The molecule has 0 aliphatic carbocycles. The van der Waals surface area contributed by atoms with Gasteiger partial charge in [-0.05, 0) is 42.0 Å². The van der Waals surface area contributed by atoms with Crippen LogP contribution in [0.2, 0.25) is 0 Å². The Bertz CT molecular complexity index is 780. The van der Waals surface area contributed by atoms with E-state index in [2.05, 4.69) is 31.5 Å². The molecule has 10 heteroatoms. The third-order valence-corrected chi connectivity index (χ3v) is 3.58. The summed E-state index contributed by atoms with van der Waals surface area (Å²) in [5, 5.41) is 0. The normalized spacial score (nSPS) is 10.8. The molecule has 0 aromatic heterocycles. The molecule has 0 radical (unpaired) electrons. The molecule has 0 aliphatic heterocycles. The fraction of sp³-hybridized carbons (Fsp3) is 0.176. The molecule has 0 heterocycles. The van der Waals surface area contributed by atoms with Crippen LogP contribution in [0.3, 0.4) is 0 Å². The number of benzene rings is 2. The lowest BCUT2D eigenvalue weighted by Gasteiger charge is -2.10. The van der Waals surface area contributed by atoms with Crippen molar-refractivity contribution in [3.63, 3.8) is 0 Å². The van der Waals surface area contributed by atoms with Gasteiger partial charge in [0.05, 0.1) is 6.42 Å². The van der Waals surface area contributed by atoms with Crippen LogP contribution in [0, 0.1) is 0 Å². The highest BCUT2D eigenvalue weighted by Gasteiger charge is 2.30. The van der Waals surface area contributed by atoms with Crippen molar-refractivity contribution in [1.82, 2.24) is 10.9 Å². The number of halogens is 4. The van der Waals surface area contributed by atoms with Gasteiger partial charge in [-0.2, -0.15) is 0 Å². The Kier molecular flexibility index (Phi) is 7.05. The summed E-state index contributed by atoms with van der Waals surface area (Å²) in [7, 11) is 0. The molecule has 0 bridgehead atoms. The van der Waals surface area contributed by atoms with Crippen molar-refractivity contribution in [2.75, 3.05) is 6.61 Å². The highest BCUT2D eigenvalue weighted by Crippen LogP contribution is 2.22. The van der Waals surface area contributed by atoms with Crippen LogP contribution in [-0.2, 0) is 16.0 Å². The second-order valence-corrected chi connectivity index (χ2v) is 6.12. The topological polar surface area (TPSA) is 76.7 Å². The average molecular weight is 447 g/mol. The van der Waals surface area contributed by atoms with Gasteiger partial charge in [0.1, 0.15) is 11.5 Å². The van der Waals surface area contributed by atoms with E-state index in [1.165, 1.54) is 12.1 Å². The Hall–Kier alpha value is -2.75. The molecule has 0 saturated heterocycles. The smallest absolute Gasteiger partial charge is 0.484 e. The Morgan fingerprint density at radius 3 is 2.04 bits per heavy atom. The third kappa shape index (κ3) is 7.99. The predicted octanol–water partition coefficient (Wildman–Crippen LogP) is 3.12. The van der Waals surface area contributed by atoms with Crippen molar-refractivity contribution in [1.29, 1.82) is 0 Å². The molecule has 2 aromatic carbocycles. The first-order valence-corrected chi connectivity index (χ1v) is 8.31. The van der Waals surface area contributed by atoms with Crippen LogP contribution < -0.4 is 20.3 Å². The van der Waals surface area contributed by atoms with Gasteiger partial charge in [-0.15, -0.1) is 13.2 Å². The van der Waals surface area contributed by atoms with E-state index in [0.717, 1.165) is 16.6 Å². The number of ether oxygens (including phenoxy) is 2. The molecule has 144 valence electrons. The fourth-order valence-corrected chi connectivity index (χ4v) is 2.16. The highest BCUT2D eigenvalue weighted by atomic mass is 79.9. The summed E-state index contributed by atoms with van der Waals surface area (Å²) >= 11 is 3.27. The maximum atomic E-state index is 12.1. The summed E-state index contributed by atoms with van der Waals surface area (Å²) in [6, 6.07) is 11.7. The fourth-order valence-electron chi connectivity index (χ4n) is 1.89. The second kappa shape index (κ2) is 9.26. The van der Waals surface area contributed by atoms with E-state index >= 15 is 0 Å². The molecule has 0 spiro atoms. The minimum atomic E-state index is -4.78. The lowest BCUT2D eigenvalue weighted by Crippen LogP contribution is -2.44. The van der Waals surface area contributed by atoms with E-state index in [9.17, 15) is 22.8 Å². The zero-order valence-corrected chi connectivity index (χ0v) is 15.3. The van der Waals surface area contributed by atoms with Gasteiger partial charge in [-0.25, -0.2) is 0 Å². The molecule has 27 heavy (non-hydrogen) atoms. The number of nitrogens with one attached hydrogen (secondary N) is 2. The average Bonchev–Trinajstić information content (AvgIpc) is 2.60. The quantitative estimate of drug-likeness (QED) is 0.668. The van der Waals surface area contributed by atoms with Crippen molar-refractivity contribution in [2.45, 2.75) is 12.8 Å². The number of alkyl halides is 3. The molecule has 2 rings (SSSR count). The van der Waals surface area contributed by atoms with Gasteiger partial charge >= 0.3 is 6.36 Å². The van der Waals surface area contributed by atoms with Crippen LogP contribution in [0.25, 0.3) is 0 Å². The Labute approximate surface area is 160 Å². The molecule has 0 aliphatic rings. The number of hydrogen-bond acceptors (Lipinski definition) is 4. The minimum absolute atomic E-state index is 0.139. The van der Waals surface area contributed by atoms with E-state index in [0.29, 0.717) is 11.3 Å². The van der Waals surface area contributed by atoms with Gasteiger partial charge < -0.3 is 9.47 Å². The van der Waals surface area contributed by atoms with Gasteiger partial charge in [0.15, 0.2) is 6.61 Å². The highest BCUT2D eigenvalue weighted by molar-refractivity contribution is 9.10. The van der Waals surface area contributed by atoms with E-state index in [4.69, 9.17) is 4.74 Å². The molecule has 0 atom stereocenters. The molecular weight excluding hydrogens is 433 g/mol. The van der Waals surface area contributed by atoms with Crippen molar-refractivity contribution in [3.8, 4) is 11.5 Å². The predicted molar refractivity (Wildman–Crippen MR) is 92.8 cm³/mol. The van der Waals surface area contributed by atoms with Gasteiger partial charge in [-0.3, -0.25) is 20.4 Å². The molecule has 0 fully saturated rings. The summed E-state index contributed by atoms with van der Waals surface area (Å²) in [6.45, 7) is -0.300. The van der Waals surface area contributed by atoms with Crippen molar-refractivity contribution >= 4 is 27.7 Å². The molecule has 2 amide bonds. The molecule has 0 unspecified atom stereocenters. The summed E-state index contributed by atoms with van der Waals surface area (Å²) in [6.07, 6.45) is -4.92. The molecule has 6 nitrogen and oxygen atoms in total. The summed E-state index contributed by atoms with van der Waals surface area (Å²) in [4.78, 5) is 23.4. The number of hydrazine groups is 1. The van der Waals surface area contributed by atoms with E-state index in [1.54, 1.807) is 24.3 Å². The van der Waals surface area contributed by atoms with Crippen LogP contribution >= 0.6 is 15.9 Å². The van der Waals surface area contributed by atoms with Gasteiger partial charge in [0.25, 0.3) is 5.91 Å². The van der Waals surface area contributed by atoms with Gasteiger partial charge in [-0.1, -0.05) is 28.1 Å². The van der Waals surface area contributed by atoms with Crippen molar-refractivity contribution in [2.24, 2.45) is 0 Å². The summed E-state index contributed by atoms with van der Waals surface area (Å²) in [5.41, 5.74) is 4.82. The Morgan fingerprint density at radius 2 is 1.44 bits per heavy atom. The molecule has 2 aromatic rings. The SMILES string of the molecule is O=C(COc1ccc(Br)cc1)NNC(=O)Cc1ccc(OC(F)(F)F)cc1. The molecular formula is C17H14BrF3N2O4. The first kappa shape index (κ1) is 20.6. The first-order valence-electron chi connectivity index (χ1n) is 7.52. The van der Waals surface area contributed by atoms with Crippen LogP contribution in [0.4, 0.5) is 13.2 Å². The zero-order valence-electron chi connectivity index (χ0n) is 13.7.